The van der Waals surface area contributed by atoms with Crippen molar-refractivity contribution >= 4 is 28.5 Å². The van der Waals surface area contributed by atoms with Crippen LogP contribution in [0.15, 0.2) is 36.4 Å². The number of rotatable bonds is 5. The summed E-state index contributed by atoms with van der Waals surface area (Å²) in [5.41, 5.74) is 3.30. The van der Waals surface area contributed by atoms with E-state index in [1.54, 1.807) is 24.3 Å². The Morgan fingerprint density at radius 1 is 1.28 bits per heavy atom. The third-order valence-electron chi connectivity index (χ3n) is 4.31. The van der Waals surface area contributed by atoms with E-state index in [9.17, 15) is 14.3 Å². The zero-order valence-electron chi connectivity index (χ0n) is 13.8. The number of halogens is 2. The Morgan fingerprint density at radius 3 is 2.56 bits per heavy atom. The normalized spacial score (nSPS) is 11.0. The number of hydrogen-bond donors (Lipinski definition) is 1. The second-order valence-corrected chi connectivity index (χ2v) is 6.26. The van der Waals surface area contributed by atoms with Gasteiger partial charge in [-0.15, -0.1) is 0 Å². The van der Waals surface area contributed by atoms with Gasteiger partial charge in [0.15, 0.2) is 0 Å². The quantitative estimate of drug-likeness (QED) is 0.731. The van der Waals surface area contributed by atoms with Crippen molar-refractivity contribution in [3.8, 4) is 5.75 Å². The number of carbonyl (C=O) groups is 1. The van der Waals surface area contributed by atoms with E-state index in [0.717, 1.165) is 27.7 Å². The molecule has 0 saturated heterocycles. The summed E-state index contributed by atoms with van der Waals surface area (Å²) >= 11 is 6.26. The third-order valence-corrected chi connectivity index (χ3v) is 4.60. The number of carboxylic acids is 1. The van der Waals surface area contributed by atoms with E-state index >= 15 is 0 Å². The van der Waals surface area contributed by atoms with E-state index in [1.807, 2.05) is 11.5 Å². The van der Waals surface area contributed by atoms with Gasteiger partial charge in [0.2, 0.25) is 0 Å². The fourth-order valence-corrected chi connectivity index (χ4v) is 3.29. The maximum atomic E-state index is 13.1. The monoisotopic (exact) mass is 361 g/mol. The van der Waals surface area contributed by atoms with Crippen LogP contribution in [0.3, 0.4) is 0 Å². The highest BCUT2D eigenvalue weighted by Gasteiger charge is 2.19. The van der Waals surface area contributed by atoms with Gasteiger partial charge < -0.3 is 14.4 Å². The molecule has 0 atom stereocenters. The molecule has 2 aromatic carbocycles. The standard InChI is InChI=1S/C19H17ClFNO3/c1-11-14(8-19(23)24)15-7-18(25-2)16(20)9-17(15)22(11)10-12-3-5-13(21)6-4-12/h3-7,9H,8,10H2,1-2H3,(H,23,24). The van der Waals surface area contributed by atoms with Crippen molar-refractivity contribution in [3.63, 3.8) is 0 Å². The Balaban J connectivity index is 2.19. The zero-order valence-corrected chi connectivity index (χ0v) is 14.6. The minimum Gasteiger partial charge on any atom is -0.495 e. The van der Waals surface area contributed by atoms with E-state index in [-0.39, 0.29) is 12.2 Å². The lowest BCUT2D eigenvalue weighted by Crippen LogP contribution is -2.05. The molecule has 0 radical (unpaired) electrons. The fourth-order valence-electron chi connectivity index (χ4n) is 3.05. The molecule has 0 unspecified atom stereocenters. The first-order valence-electron chi connectivity index (χ1n) is 7.72. The molecule has 25 heavy (non-hydrogen) atoms. The molecule has 0 bridgehead atoms. The maximum absolute atomic E-state index is 13.1. The first-order chi connectivity index (χ1) is 11.9. The largest absolute Gasteiger partial charge is 0.495 e. The van der Waals surface area contributed by atoms with Crippen molar-refractivity contribution in [2.45, 2.75) is 19.9 Å². The Kier molecular flexibility index (Phi) is 4.68. The van der Waals surface area contributed by atoms with Gasteiger partial charge in [-0.05, 0) is 42.3 Å². The van der Waals surface area contributed by atoms with E-state index in [4.69, 9.17) is 16.3 Å². The highest BCUT2D eigenvalue weighted by molar-refractivity contribution is 6.32. The summed E-state index contributed by atoms with van der Waals surface area (Å²) in [5.74, 6) is -0.699. The molecular weight excluding hydrogens is 345 g/mol. The molecule has 0 aliphatic rings. The summed E-state index contributed by atoms with van der Waals surface area (Å²) in [4.78, 5) is 11.3. The molecular formula is C19H17ClFNO3. The van der Waals surface area contributed by atoms with Crippen LogP contribution in [0.5, 0.6) is 5.75 Å². The van der Waals surface area contributed by atoms with E-state index < -0.39 is 5.97 Å². The molecule has 0 fully saturated rings. The summed E-state index contributed by atoms with van der Waals surface area (Å²) < 4.78 is 20.4. The van der Waals surface area contributed by atoms with Gasteiger partial charge in [0.25, 0.3) is 0 Å². The number of aromatic nitrogens is 1. The lowest BCUT2D eigenvalue weighted by Gasteiger charge is -2.10. The van der Waals surface area contributed by atoms with Gasteiger partial charge in [0.1, 0.15) is 11.6 Å². The number of fused-ring (bicyclic) bond motifs is 1. The van der Waals surface area contributed by atoms with Crippen molar-refractivity contribution in [2.75, 3.05) is 7.11 Å². The molecule has 1 N–H and O–H groups in total. The smallest absolute Gasteiger partial charge is 0.307 e. The van der Waals surface area contributed by atoms with Gasteiger partial charge in [-0.2, -0.15) is 0 Å². The van der Waals surface area contributed by atoms with Crippen LogP contribution < -0.4 is 4.74 Å². The van der Waals surface area contributed by atoms with Crippen molar-refractivity contribution < 1.29 is 19.0 Å². The molecule has 0 saturated carbocycles. The molecule has 3 aromatic rings. The highest BCUT2D eigenvalue weighted by atomic mass is 35.5. The molecule has 3 rings (SSSR count). The van der Waals surface area contributed by atoms with Crippen LogP contribution in [-0.2, 0) is 17.8 Å². The highest BCUT2D eigenvalue weighted by Crippen LogP contribution is 2.35. The molecule has 0 aliphatic heterocycles. The number of ether oxygens (including phenoxy) is 1. The average molecular weight is 362 g/mol. The number of nitrogens with zero attached hydrogens (tertiary/aromatic N) is 1. The lowest BCUT2D eigenvalue weighted by molar-refractivity contribution is -0.136. The Labute approximate surface area is 149 Å². The number of benzene rings is 2. The summed E-state index contributed by atoms with van der Waals surface area (Å²) in [6.07, 6.45) is -0.0937. The predicted octanol–water partition coefficient (Wildman–Crippen LogP) is 4.43. The van der Waals surface area contributed by atoms with E-state index in [2.05, 4.69) is 0 Å². The molecule has 1 aromatic heterocycles. The van der Waals surface area contributed by atoms with E-state index in [0.29, 0.717) is 17.3 Å². The van der Waals surface area contributed by atoms with Gasteiger partial charge in [-0.1, -0.05) is 23.7 Å². The van der Waals surface area contributed by atoms with Gasteiger partial charge in [0.05, 0.1) is 24.1 Å². The van der Waals surface area contributed by atoms with Gasteiger partial charge >= 0.3 is 5.97 Å². The van der Waals surface area contributed by atoms with Crippen molar-refractivity contribution in [2.24, 2.45) is 0 Å². The fraction of sp³-hybridized carbons (Fsp3) is 0.211. The van der Waals surface area contributed by atoms with Gasteiger partial charge in [0, 0.05) is 17.6 Å². The second kappa shape index (κ2) is 6.76. The molecule has 4 nitrogen and oxygen atoms in total. The second-order valence-electron chi connectivity index (χ2n) is 5.85. The zero-order chi connectivity index (χ0) is 18.1. The third kappa shape index (κ3) is 3.33. The van der Waals surface area contributed by atoms with Crippen LogP contribution in [0.1, 0.15) is 16.8 Å². The number of methoxy groups -OCH3 is 1. The number of carboxylic acid groups (broad SMARTS) is 1. The summed E-state index contributed by atoms with van der Waals surface area (Å²) in [6, 6.07) is 9.78. The molecule has 0 amide bonds. The predicted molar refractivity (Wildman–Crippen MR) is 95.1 cm³/mol. The van der Waals surface area contributed by atoms with Crippen molar-refractivity contribution in [1.82, 2.24) is 4.57 Å². The summed E-state index contributed by atoms with van der Waals surface area (Å²) in [7, 11) is 1.52. The molecule has 130 valence electrons. The molecule has 6 heteroatoms. The van der Waals surface area contributed by atoms with Crippen molar-refractivity contribution in [3.05, 3.63) is 64.1 Å². The number of aliphatic carboxylic acids is 1. The van der Waals surface area contributed by atoms with Crippen LogP contribution in [0, 0.1) is 12.7 Å². The number of hydrogen-bond acceptors (Lipinski definition) is 2. The Hall–Kier alpha value is -2.53. The van der Waals surface area contributed by atoms with Crippen molar-refractivity contribution in [1.29, 1.82) is 0 Å². The topological polar surface area (TPSA) is 51.5 Å². The first-order valence-corrected chi connectivity index (χ1v) is 8.10. The first kappa shape index (κ1) is 17.3. The van der Waals surface area contributed by atoms with Crippen LogP contribution >= 0.6 is 11.6 Å². The van der Waals surface area contributed by atoms with Crippen LogP contribution in [0.2, 0.25) is 5.02 Å². The summed E-state index contributed by atoms with van der Waals surface area (Å²) in [6.45, 7) is 2.37. The lowest BCUT2D eigenvalue weighted by atomic mass is 10.1. The Bertz CT molecular complexity index is 948. The minimum absolute atomic E-state index is 0.0937. The van der Waals surface area contributed by atoms with Gasteiger partial charge in [-0.25, -0.2) is 4.39 Å². The average Bonchev–Trinajstić information content (AvgIpc) is 2.80. The maximum Gasteiger partial charge on any atom is 0.307 e. The molecule has 1 heterocycles. The molecule has 0 aliphatic carbocycles. The van der Waals surface area contributed by atoms with Crippen LogP contribution in [-0.4, -0.2) is 22.8 Å². The molecule has 0 spiro atoms. The summed E-state index contributed by atoms with van der Waals surface area (Å²) in [5, 5.41) is 10.5. The van der Waals surface area contributed by atoms with Crippen LogP contribution in [0.25, 0.3) is 10.9 Å². The minimum atomic E-state index is -0.905. The van der Waals surface area contributed by atoms with E-state index in [1.165, 1.54) is 19.2 Å². The Morgan fingerprint density at radius 2 is 1.96 bits per heavy atom. The SMILES string of the molecule is COc1cc2c(CC(=O)O)c(C)n(Cc3ccc(F)cc3)c2cc1Cl. The van der Waals surface area contributed by atoms with Gasteiger partial charge in [-0.3, -0.25) is 4.79 Å². The van der Waals surface area contributed by atoms with Crippen LogP contribution in [0.4, 0.5) is 4.39 Å².